The zero-order valence-electron chi connectivity index (χ0n) is 13.2. The minimum absolute atomic E-state index is 0.140. The number of nitrogens with zero attached hydrogens (tertiary/aromatic N) is 2. The number of fused-ring (bicyclic) bond motifs is 1. The third kappa shape index (κ3) is 3.36. The molecule has 0 bridgehead atoms. The number of nitriles is 1. The molecule has 0 spiro atoms. The van der Waals surface area contributed by atoms with Gasteiger partial charge in [0.1, 0.15) is 12.4 Å². The quantitative estimate of drug-likeness (QED) is 0.560. The first kappa shape index (κ1) is 16.7. The number of hydrogen-bond acceptors (Lipinski definition) is 2. The Morgan fingerprint density at radius 2 is 1.92 bits per heavy atom. The van der Waals surface area contributed by atoms with Crippen LogP contribution in [0.1, 0.15) is 24.9 Å². The van der Waals surface area contributed by atoms with Crippen LogP contribution < -0.4 is 4.74 Å². The number of hydrogen-bond donors (Lipinski definition) is 0. The van der Waals surface area contributed by atoms with Gasteiger partial charge in [-0.15, -0.1) is 0 Å². The average molecular weight is 359 g/mol. The standard InChI is InChI=1S/C19H16Cl2N2O/c1-13(7-9-22)23-10-8-14-11-15(5-6-19(14)23)24-12-16-17(20)3-2-4-18(16)21/h2-6,8,10-11,13H,7,12H2,1H3/t13-/m1/s1. The lowest BCUT2D eigenvalue weighted by atomic mass is 10.2. The molecule has 0 saturated heterocycles. The Bertz CT molecular complexity index is 891. The molecule has 0 aliphatic rings. The lowest BCUT2D eigenvalue weighted by Gasteiger charge is -2.12. The van der Waals surface area contributed by atoms with Crippen LogP contribution >= 0.6 is 23.2 Å². The summed E-state index contributed by atoms with van der Waals surface area (Å²) in [5.41, 5.74) is 1.86. The largest absolute Gasteiger partial charge is 0.489 e. The van der Waals surface area contributed by atoms with Gasteiger partial charge in [0.2, 0.25) is 0 Å². The zero-order chi connectivity index (χ0) is 17.1. The van der Waals surface area contributed by atoms with Crippen molar-refractivity contribution in [2.45, 2.75) is 26.0 Å². The molecule has 0 radical (unpaired) electrons. The molecule has 24 heavy (non-hydrogen) atoms. The van der Waals surface area contributed by atoms with Crippen molar-refractivity contribution >= 4 is 34.1 Å². The Balaban J connectivity index is 1.81. The van der Waals surface area contributed by atoms with Crippen molar-refractivity contribution in [2.75, 3.05) is 0 Å². The van der Waals surface area contributed by atoms with E-state index in [0.717, 1.165) is 22.2 Å². The molecule has 0 N–H and O–H groups in total. The van der Waals surface area contributed by atoms with Crippen molar-refractivity contribution < 1.29 is 4.74 Å². The zero-order valence-corrected chi connectivity index (χ0v) is 14.7. The Kier molecular flexibility index (Phi) is 4.99. The fraction of sp³-hybridized carbons (Fsp3) is 0.211. The third-order valence-electron chi connectivity index (χ3n) is 4.00. The lowest BCUT2D eigenvalue weighted by molar-refractivity contribution is 0.307. The monoisotopic (exact) mass is 358 g/mol. The molecule has 0 aliphatic carbocycles. The van der Waals surface area contributed by atoms with E-state index in [2.05, 4.69) is 10.6 Å². The van der Waals surface area contributed by atoms with E-state index in [1.54, 1.807) is 12.1 Å². The second-order valence-corrected chi connectivity index (χ2v) is 6.46. The van der Waals surface area contributed by atoms with Gasteiger partial charge in [-0.3, -0.25) is 0 Å². The molecular weight excluding hydrogens is 343 g/mol. The molecule has 122 valence electrons. The van der Waals surface area contributed by atoms with E-state index in [-0.39, 0.29) is 6.04 Å². The molecule has 0 saturated carbocycles. The highest BCUT2D eigenvalue weighted by atomic mass is 35.5. The molecule has 0 fully saturated rings. The summed E-state index contributed by atoms with van der Waals surface area (Å²) >= 11 is 12.3. The second kappa shape index (κ2) is 7.17. The summed E-state index contributed by atoms with van der Waals surface area (Å²) in [7, 11) is 0. The van der Waals surface area contributed by atoms with Crippen LogP contribution in [0, 0.1) is 11.3 Å². The van der Waals surface area contributed by atoms with Crippen LogP contribution in [-0.4, -0.2) is 4.57 Å². The van der Waals surface area contributed by atoms with Crippen molar-refractivity contribution in [3.05, 3.63) is 64.3 Å². The second-order valence-electron chi connectivity index (χ2n) is 5.64. The number of benzene rings is 2. The Hall–Kier alpha value is -2.15. The molecule has 3 aromatic rings. The maximum Gasteiger partial charge on any atom is 0.120 e. The maximum absolute atomic E-state index is 8.87. The smallest absolute Gasteiger partial charge is 0.120 e. The predicted molar refractivity (Wildman–Crippen MR) is 97.7 cm³/mol. The van der Waals surface area contributed by atoms with Gasteiger partial charge < -0.3 is 9.30 Å². The van der Waals surface area contributed by atoms with Gasteiger partial charge in [0, 0.05) is 38.8 Å². The van der Waals surface area contributed by atoms with E-state index >= 15 is 0 Å². The van der Waals surface area contributed by atoms with Crippen LogP contribution in [0.3, 0.4) is 0 Å². The van der Waals surface area contributed by atoms with Gasteiger partial charge in [-0.1, -0.05) is 29.3 Å². The minimum atomic E-state index is 0.140. The van der Waals surface area contributed by atoms with Gasteiger partial charge >= 0.3 is 0 Å². The Labute approximate surface area is 151 Å². The first-order chi connectivity index (χ1) is 11.6. The highest BCUT2D eigenvalue weighted by molar-refractivity contribution is 6.35. The van der Waals surface area contributed by atoms with Crippen LogP contribution in [0.25, 0.3) is 10.9 Å². The topological polar surface area (TPSA) is 38.0 Å². The van der Waals surface area contributed by atoms with Crippen molar-refractivity contribution in [3.8, 4) is 11.8 Å². The summed E-state index contributed by atoms with van der Waals surface area (Å²) in [4.78, 5) is 0. The number of halogens is 2. The molecule has 0 aliphatic heterocycles. The first-order valence-corrected chi connectivity index (χ1v) is 8.39. The van der Waals surface area contributed by atoms with E-state index in [4.69, 9.17) is 33.2 Å². The van der Waals surface area contributed by atoms with Crippen molar-refractivity contribution in [3.63, 3.8) is 0 Å². The first-order valence-electron chi connectivity index (χ1n) is 7.63. The SMILES string of the molecule is C[C@H](CC#N)n1ccc2cc(OCc3c(Cl)cccc3Cl)ccc21. The lowest BCUT2D eigenvalue weighted by Crippen LogP contribution is -2.02. The van der Waals surface area contributed by atoms with Gasteiger partial charge in [-0.05, 0) is 43.3 Å². The summed E-state index contributed by atoms with van der Waals surface area (Å²) in [5, 5.41) is 11.1. The molecule has 2 aromatic carbocycles. The predicted octanol–water partition coefficient (Wildman–Crippen LogP) is 6.00. The van der Waals surface area contributed by atoms with E-state index in [0.29, 0.717) is 23.1 Å². The maximum atomic E-state index is 8.87. The van der Waals surface area contributed by atoms with Gasteiger partial charge in [0.15, 0.2) is 0 Å². The Morgan fingerprint density at radius 1 is 1.17 bits per heavy atom. The Morgan fingerprint density at radius 3 is 2.62 bits per heavy atom. The molecule has 3 nitrogen and oxygen atoms in total. The van der Waals surface area contributed by atoms with Gasteiger partial charge in [0.05, 0.1) is 12.5 Å². The highest BCUT2D eigenvalue weighted by Crippen LogP contribution is 2.28. The van der Waals surface area contributed by atoms with Crippen LogP contribution in [-0.2, 0) is 6.61 Å². The van der Waals surface area contributed by atoms with E-state index < -0.39 is 0 Å². The molecule has 1 aromatic heterocycles. The van der Waals surface area contributed by atoms with E-state index in [1.165, 1.54) is 0 Å². The fourth-order valence-corrected chi connectivity index (χ4v) is 3.18. The van der Waals surface area contributed by atoms with E-state index in [1.807, 2.05) is 43.5 Å². The highest BCUT2D eigenvalue weighted by Gasteiger charge is 2.10. The molecule has 1 heterocycles. The van der Waals surface area contributed by atoms with E-state index in [9.17, 15) is 0 Å². The minimum Gasteiger partial charge on any atom is -0.489 e. The van der Waals surface area contributed by atoms with Crippen molar-refractivity contribution in [1.29, 1.82) is 5.26 Å². The summed E-state index contributed by atoms with van der Waals surface area (Å²) < 4.78 is 7.95. The van der Waals surface area contributed by atoms with Crippen LogP contribution in [0.4, 0.5) is 0 Å². The summed E-state index contributed by atoms with van der Waals surface area (Å²) in [5.74, 6) is 0.754. The number of rotatable bonds is 5. The summed E-state index contributed by atoms with van der Waals surface area (Å²) in [6.07, 6.45) is 2.48. The van der Waals surface area contributed by atoms with Gasteiger partial charge in [0.25, 0.3) is 0 Å². The van der Waals surface area contributed by atoms with Crippen LogP contribution in [0.5, 0.6) is 5.75 Å². The average Bonchev–Trinajstić information content (AvgIpc) is 2.98. The molecule has 1 atom stereocenters. The van der Waals surface area contributed by atoms with Gasteiger partial charge in [-0.2, -0.15) is 5.26 Å². The number of ether oxygens (including phenoxy) is 1. The molecule has 3 rings (SSSR count). The normalized spacial score (nSPS) is 12.1. The molecule has 5 heteroatoms. The van der Waals surface area contributed by atoms with Crippen molar-refractivity contribution in [1.82, 2.24) is 4.57 Å². The number of aromatic nitrogens is 1. The van der Waals surface area contributed by atoms with Gasteiger partial charge in [-0.25, -0.2) is 0 Å². The molecular formula is C19H16Cl2N2O. The third-order valence-corrected chi connectivity index (χ3v) is 4.71. The molecule has 0 amide bonds. The summed E-state index contributed by atoms with van der Waals surface area (Å²) in [6.45, 7) is 2.35. The van der Waals surface area contributed by atoms with Crippen LogP contribution in [0.2, 0.25) is 10.0 Å². The molecule has 0 unspecified atom stereocenters. The fourth-order valence-electron chi connectivity index (χ4n) is 2.67. The van der Waals surface area contributed by atoms with Crippen LogP contribution in [0.15, 0.2) is 48.7 Å². The van der Waals surface area contributed by atoms with Crippen molar-refractivity contribution in [2.24, 2.45) is 0 Å². The summed E-state index contributed by atoms with van der Waals surface area (Å²) in [6, 6.07) is 15.7.